The first-order valence-corrected chi connectivity index (χ1v) is 8.22. The zero-order valence-corrected chi connectivity index (χ0v) is 13.9. The van der Waals surface area contributed by atoms with Crippen molar-refractivity contribution in [1.82, 2.24) is 4.90 Å². The second kappa shape index (κ2) is 7.92. The minimum Gasteiger partial charge on any atom is -0.379 e. The summed E-state index contributed by atoms with van der Waals surface area (Å²) in [5.74, 6) is -0.677. The summed E-state index contributed by atoms with van der Waals surface area (Å²) in [4.78, 5) is 25.8. The van der Waals surface area contributed by atoms with Crippen molar-refractivity contribution in [2.75, 3.05) is 31.6 Å². The van der Waals surface area contributed by atoms with Crippen LogP contribution < -0.4 is 11.1 Å². The van der Waals surface area contributed by atoms with Gasteiger partial charge in [-0.2, -0.15) is 0 Å². The molecule has 2 amide bonds. The molecule has 0 spiro atoms. The molecule has 0 aromatic heterocycles. The Balaban J connectivity index is 1.65. The minimum absolute atomic E-state index is 0.185. The van der Waals surface area contributed by atoms with Crippen molar-refractivity contribution >= 4 is 17.5 Å². The van der Waals surface area contributed by atoms with Crippen LogP contribution in [0.4, 0.5) is 5.69 Å². The van der Waals surface area contributed by atoms with E-state index in [4.69, 9.17) is 10.5 Å². The number of hydrogen-bond acceptors (Lipinski definition) is 4. The minimum atomic E-state index is -0.492. The van der Waals surface area contributed by atoms with Gasteiger partial charge in [0.2, 0.25) is 5.91 Å². The number of ether oxygens (including phenoxy) is 1. The van der Waals surface area contributed by atoms with Crippen molar-refractivity contribution in [3.05, 3.63) is 65.2 Å². The van der Waals surface area contributed by atoms with Crippen LogP contribution in [0.2, 0.25) is 0 Å². The standard InChI is InChI=1S/C19H21N3O3/c20-18(23)15-4-6-17(7-5-15)21-19(24)16-3-1-2-14(12-16)13-22-8-10-25-11-9-22/h1-7,12H,8-11,13H2,(H2,20,23)(H,21,24). The highest BCUT2D eigenvalue weighted by molar-refractivity contribution is 6.04. The Morgan fingerprint density at radius 2 is 1.76 bits per heavy atom. The van der Waals surface area contributed by atoms with Crippen molar-refractivity contribution in [3.63, 3.8) is 0 Å². The van der Waals surface area contributed by atoms with Crippen molar-refractivity contribution < 1.29 is 14.3 Å². The van der Waals surface area contributed by atoms with E-state index in [-0.39, 0.29) is 5.91 Å². The average Bonchev–Trinajstić information content (AvgIpc) is 2.63. The van der Waals surface area contributed by atoms with Crippen molar-refractivity contribution in [2.45, 2.75) is 6.54 Å². The number of rotatable bonds is 5. The fraction of sp³-hybridized carbons (Fsp3) is 0.263. The molecular weight excluding hydrogens is 318 g/mol. The number of amides is 2. The fourth-order valence-corrected chi connectivity index (χ4v) is 2.75. The average molecular weight is 339 g/mol. The molecule has 0 aliphatic carbocycles. The van der Waals surface area contributed by atoms with Gasteiger partial charge >= 0.3 is 0 Å². The molecule has 0 unspecified atom stereocenters. The Morgan fingerprint density at radius 1 is 1.04 bits per heavy atom. The van der Waals surface area contributed by atoms with E-state index in [9.17, 15) is 9.59 Å². The Hall–Kier alpha value is -2.70. The Kier molecular flexibility index (Phi) is 5.42. The third kappa shape index (κ3) is 4.65. The summed E-state index contributed by atoms with van der Waals surface area (Å²) >= 11 is 0. The molecule has 130 valence electrons. The molecular formula is C19H21N3O3. The zero-order chi connectivity index (χ0) is 17.6. The highest BCUT2D eigenvalue weighted by Gasteiger charge is 2.12. The number of anilines is 1. The van der Waals surface area contributed by atoms with Gasteiger partial charge in [-0.25, -0.2) is 0 Å². The van der Waals surface area contributed by atoms with E-state index >= 15 is 0 Å². The van der Waals surface area contributed by atoms with E-state index in [1.807, 2.05) is 18.2 Å². The highest BCUT2D eigenvalue weighted by Crippen LogP contribution is 2.14. The lowest BCUT2D eigenvalue weighted by molar-refractivity contribution is 0.0342. The number of nitrogens with two attached hydrogens (primary N) is 1. The molecule has 0 atom stereocenters. The summed E-state index contributed by atoms with van der Waals surface area (Å²) in [5, 5.41) is 2.83. The largest absolute Gasteiger partial charge is 0.379 e. The van der Waals surface area contributed by atoms with Crippen molar-refractivity contribution in [2.24, 2.45) is 5.73 Å². The first-order valence-electron chi connectivity index (χ1n) is 8.22. The second-order valence-electron chi connectivity index (χ2n) is 5.98. The van der Waals surface area contributed by atoms with E-state index < -0.39 is 5.91 Å². The van der Waals surface area contributed by atoms with Crippen molar-refractivity contribution in [3.8, 4) is 0 Å². The van der Waals surface area contributed by atoms with Crippen LogP contribution >= 0.6 is 0 Å². The number of morpholine rings is 1. The van der Waals surface area contributed by atoms with Gasteiger partial charge in [-0.3, -0.25) is 14.5 Å². The second-order valence-corrected chi connectivity index (χ2v) is 5.98. The number of benzene rings is 2. The van der Waals surface area contributed by atoms with Crippen molar-refractivity contribution in [1.29, 1.82) is 0 Å². The van der Waals surface area contributed by atoms with Crippen LogP contribution in [-0.4, -0.2) is 43.0 Å². The van der Waals surface area contributed by atoms with E-state index in [1.165, 1.54) is 0 Å². The monoisotopic (exact) mass is 339 g/mol. The van der Waals surface area contributed by atoms with Crippen LogP contribution in [0.5, 0.6) is 0 Å². The molecule has 2 aromatic carbocycles. The molecule has 1 saturated heterocycles. The van der Waals surface area contributed by atoms with E-state index in [0.717, 1.165) is 38.4 Å². The van der Waals surface area contributed by atoms with Gasteiger partial charge in [0.25, 0.3) is 5.91 Å². The molecule has 3 N–H and O–H groups in total. The smallest absolute Gasteiger partial charge is 0.255 e. The Morgan fingerprint density at radius 3 is 2.44 bits per heavy atom. The van der Waals surface area contributed by atoms with Gasteiger partial charge in [-0.1, -0.05) is 12.1 Å². The number of carbonyl (C=O) groups is 2. The molecule has 0 radical (unpaired) electrons. The number of hydrogen-bond donors (Lipinski definition) is 2. The number of primary amides is 1. The fourth-order valence-electron chi connectivity index (χ4n) is 2.75. The summed E-state index contributed by atoms with van der Waals surface area (Å²) in [6.45, 7) is 4.12. The maximum atomic E-state index is 12.4. The molecule has 0 saturated carbocycles. The normalized spacial score (nSPS) is 14.9. The summed E-state index contributed by atoms with van der Waals surface area (Å²) in [6, 6.07) is 14.1. The predicted molar refractivity (Wildman–Crippen MR) is 95.5 cm³/mol. The highest BCUT2D eigenvalue weighted by atomic mass is 16.5. The van der Waals surface area contributed by atoms with Crippen LogP contribution in [0.3, 0.4) is 0 Å². The zero-order valence-electron chi connectivity index (χ0n) is 13.9. The topological polar surface area (TPSA) is 84.7 Å². The number of carbonyl (C=O) groups excluding carboxylic acids is 2. The maximum absolute atomic E-state index is 12.4. The van der Waals surface area contributed by atoms with Crippen LogP contribution in [0.25, 0.3) is 0 Å². The molecule has 6 heteroatoms. The quantitative estimate of drug-likeness (QED) is 0.871. The maximum Gasteiger partial charge on any atom is 0.255 e. The molecule has 2 aromatic rings. The van der Waals surface area contributed by atoms with Crippen LogP contribution in [0, 0.1) is 0 Å². The van der Waals surface area contributed by atoms with Crippen LogP contribution in [0.1, 0.15) is 26.3 Å². The van der Waals surface area contributed by atoms with Gasteiger partial charge in [0.1, 0.15) is 0 Å². The third-order valence-corrected chi connectivity index (χ3v) is 4.13. The Labute approximate surface area is 146 Å². The summed E-state index contributed by atoms with van der Waals surface area (Å²) in [6.07, 6.45) is 0. The van der Waals surface area contributed by atoms with E-state index in [1.54, 1.807) is 30.3 Å². The first-order chi connectivity index (χ1) is 12.1. The van der Waals surface area contributed by atoms with Gasteiger partial charge in [-0.15, -0.1) is 0 Å². The third-order valence-electron chi connectivity index (χ3n) is 4.13. The lowest BCUT2D eigenvalue weighted by atomic mass is 10.1. The van der Waals surface area contributed by atoms with E-state index in [2.05, 4.69) is 10.2 Å². The lowest BCUT2D eigenvalue weighted by Crippen LogP contribution is -2.35. The van der Waals surface area contributed by atoms with Gasteiger partial charge in [-0.05, 0) is 42.0 Å². The molecule has 3 rings (SSSR count). The Bertz CT molecular complexity index is 753. The molecule has 1 aliphatic heterocycles. The number of nitrogens with one attached hydrogen (secondary N) is 1. The summed E-state index contributed by atoms with van der Waals surface area (Å²) in [7, 11) is 0. The first kappa shape index (κ1) is 17.1. The number of nitrogens with zero attached hydrogens (tertiary/aromatic N) is 1. The molecule has 0 bridgehead atoms. The van der Waals surface area contributed by atoms with Gasteiger partial charge < -0.3 is 15.8 Å². The molecule has 1 fully saturated rings. The van der Waals surface area contributed by atoms with Gasteiger partial charge in [0, 0.05) is 36.4 Å². The van der Waals surface area contributed by atoms with Gasteiger partial charge in [0.15, 0.2) is 0 Å². The summed E-state index contributed by atoms with van der Waals surface area (Å²) in [5.41, 5.74) is 7.94. The SMILES string of the molecule is NC(=O)c1ccc(NC(=O)c2cccc(CN3CCOCC3)c2)cc1. The lowest BCUT2D eigenvalue weighted by Gasteiger charge is -2.26. The predicted octanol–water partition coefficient (Wildman–Crippen LogP) is 1.87. The van der Waals surface area contributed by atoms with Crippen LogP contribution in [0.15, 0.2) is 48.5 Å². The van der Waals surface area contributed by atoms with E-state index in [0.29, 0.717) is 16.8 Å². The molecule has 1 heterocycles. The van der Waals surface area contributed by atoms with Crippen LogP contribution in [-0.2, 0) is 11.3 Å². The molecule has 1 aliphatic rings. The summed E-state index contributed by atoms with van der Waals surface area (Å²) < 4.78 is 5.35. The molecule has 25 heavy (non-hydrogen) atoms. The molecule has 6 nitrogen and oxygen atoms in total. The van der Waals surface area contributed by atoms with Gasteiger partial charge in [0.05, 0.1) is 13.2 Å².